The van der Waals surface area contributed by atoms with Crippen molar-refractivity contribution < 1.29 is 14.0 Å². The van der Waals surface area contributed by atoms with Crippen LogP contribution in [-0.2, 0) is 14.0 Å². The Bertz CT molecular complexity index is 562. The summed E-state index contributed by atoms with van der Waals surface area (Å²) < 4.78 is 7.05. The number of fused-ring (bicyclic) bond motifs is 1. The summed E-state index contributed by atoms with van der Waals surface area (Å²) in [5.41, 5.74) is -0.221. The molecular weight excluding hydrogens is 328 g/mol. The molecule has 3 aliphatic carbocycles. The zero-order chi connectivity index (χ0) is 18.6. The Kier molecular flexibility index (Phi) is 4.86. The number of ketones is 2. The fourth-order valence-corrected chi connectivity index (χ4v) is 6.88. The molecule has 3 aliphatic rings. The van der Waals surface area contributed by atoms with Gasteiger partial charge in [0.1, 0.15) is 11.6 Å². The smallest absolute Gasteiger partial charge is 0.192 e. The van der Waals surface area contributed by atoms with E-state index < -0.39 is 8.32 Å². The highest BCUT2D eigenvalue weighted by Gasteiger charge is 2.62. The Labute approximate surface area is 154 Å². The second-order valence-corrected chi connectivity index (χ2v) is 15.2. The van der Waals surface area contributed by atoms with Crippen molar-refractivity contribution in [3.05, 3.63) is 0 Å². The van der Waals surface area contributed by atoms with Crippen LogP contribution in [0.5, 0.6) is 0 Å². The van der Waals surface area contributed by atoms with E-state index in [1.807, 2.05) is 6.92 Å². The third-order valence-corrected chi connectivity index (χ3v) is 12.3. The minimum atomic E-state index is -1.96. The van der Waals surface area contributed by atoms with Crippen molar-refractivity contribution in [1.82, 2.24) is 0 Å². The van der Waals surface area contributed by atoms with Crippen LogP contribution in [-0.4, -0.2) is 26.0 Å². The molecule has 0 saturated heterocycles. The van der Waals surface area contributed by atoms with Crippen molar-refractivity contribution in [2.45, 2.75) is 96.9 Å². The van der Waals surface area contributed by atoms with Gasteiger partial charge in [-0.05, 0) is 49.7 Å². The maximum absolute atomic E-state index is 13.0. The summed E-state index contributed by atoms with van der Waals surface area (Å²) in [6, 6.07) is 0. The first-order valence-corrected chi connectivity index (χ1v) is 13.1. The third-order valence-electron chi connectivity index (χ3n) is 7.80. The lowest BCUT2D eigenvalue weighted by molar-refractivity contribution is -0.137. The van der Waals surface area contributed by atoms with E-state index in [0.717, 1.165) is 32.1 Å². The highest BCUT2D eigenvalue weighted by atomic mass is 28.4. The first kappa shape index (κ1) is 19.3. The van der Waals surface area contributed by atoms with Crippen molar-refractivity contribution in [2.75, 3.05) is 0 Å². The molecule has 0 radical (unpaired) electrons. The molecule has 142 valence electrons. The van der Waals surface area contributed by atoms with Gasteiger partial charge in [0.15, 0.2) is 8.32 Å². The molecule has 0 unspecified atom stereocenters. The molecule has 0 amide bonds. The summed E-state index contributed by atoms with van der Waals surface area (Å²) in [5, 5.41) is 0.146. The maximum atomic E-state index is 13.0. The second-order valence-electron chi connectivity index (χ2n) is 10.5. The van der Waals surface area contributed by atoms with E-state index in [1.54, 1.807) is 0 Å². The minimum absolute atomic E-state index is 0.0105. The Balaban J connectivity index is 2.07. The van der Waals surface area contributed by atoms with Crippen LogP contribution >= 0.6 is 0 Å². The van der Waals surface area contributed by atoms with E-state index in [0.29, 0.717) is 12.3 Å². The molecule has 0 heterocycles. The normalized spacial score (nSPS) is 39.8. The van der Waals surface area contributed by atoms with Crippen LogP contribution < -0.4 is 0 Å². The van der Waals surface area contributed by atoms with Gasteiger partial charge in [-0.1, -0.05) is 40.5 Å². The molecule has 5 atom stereocenters. The lowest BCUT2D eigenvalue weighted by Crippen LogP contribution is -2.53. The fourth-order valence-electron chi connectivity index (χ4n) is 5.46. The lowest BCUT2D eigenvalue weighted by atomic mass is 9.68. The van der Waals surface area contributed by atoms with Crippen molar-refractivity contribution in [3.8, 4) is 0 Å². The summed E-state index contributed by atoms with van der Waals surface area (Å²) in [5.74, 6) is 0.485. The SMILES string of the molecule is C[C@@H]1C[C@@]23CCCC[C@@H](CCC(=O)[C@@H]2C1=O)[C@@H]3O[Si](C)(C)C(C)(C)C. The van der Waals surface area contributed by atoms with Gasteiger partial charge in [-0.25, -0.2) is 0 Å². The van der Waals surface area contributed by atoms with Gasteiger partial charge in [0, 0.05) is 17.8 Å². The molecule has 25 heavy (non-hydrogen) atoms. The Hall–Kier alpha value is -0.483. The molecule has 3 nitrogen and oxygen atoms in total. The van der Waals surface area contributed by atoms with Crippen molar-refractivity contribution in [3.63, 3.8) is 0 Å². The minimum Gasteiger partial charge on any atom is -0.413 e. The molecule has 3 rings (SSSR count). The lowest BCUT2D eigenvalue weighted by Gasteiger charge is -2.48. The summed E-state index contributed by atoms with van der Waals surface area (Å²) >= 11 is 0. The van der Waals surface area contributed by atoms with Crippen LogP contribution in [0.3, 0.4) is 0 Å². The monoisotopic (exact) mass is 364 g/mol. The molecule has 1 spiro atoms. The number of carbonyl (C=O) groups excluding carboxylic acids is 2. The van der Waals surface area contributed by atoms with Crippen LogP contribution in [0.2, 0.25) is 18.1 Å². The van der Waals surface area contributed by atoms with Gasteiger partial charge in [-0.3, -0.25) is 9.59 Å². The maximum Gasteiger partial charge on any atom is 0.192 e. The molecule has 0 aliphatic heterocycles. The second kappa shape index (κ2) is 6.30. The van der Waals surface area contributed by atoms with Gasteiger partial charge < -0.3 is 4.43 Å². The Morgan fingerprint density at radius 2 is 1.80 bits per heavy atom. The van der Waals surface area contributed by atoms with Crippen LogP contribution in [0.15, 0.2) is 0 Å². The van der Waals surface area contributed by atoms with E-state index >= 15 is 0 Å². The average Bonchev–Trinajstić information content (AvgIpc) is 2.59. The van der Waals surface area contributed by atoms with Crippen molar-refractivity contribution in [1.29, 1.82) is 0 Å². The van der Waals surface area contributed by atoms with Crippen LogP contribution in [0.4, 0.5) is 0 Å². The standard InChI is InChI=1S/C21H36O3Si/c1-14-13-21-12-8-7-9-15(10-11-16(22)17(21)18(14)23)19(21)24-25(5,6)20(2,3)4/h14-15,17,19H,7-13H2,1-6H3/t14-,15+,17-,19+,21+/m1/s1. The van der Waals surface area contributed by atoms with E-state index in [-0.39, 0.29) is 40.0 Å². The van der Waals surface area contributed by atoms with Gasteiger partial charge >= 0.3 is 0 Å². The zero-order valence-electron chi connectivity index (χ0n) is 17.0. The number of hydrogen-bond acceptors (Lipinski definition) is 3. The van der Waals surface area contributed by atoms with Crippen molar-refractivity contribution in [2.24, 2.45) is 23.2 Å². The van der Waals surface area contributed by atoms with Crippen LogP contribution in [0, 0.1) is 23.2 Å². The first-order valence-electron chi connectivity index (χ1n) is 10.2. The topological polar surface area (TPSA) is 43.4 Å². The average molecular weight is 365 g/mol. The van der Waals surface area contributed by atoms with E-state index in [9.17, 15) is 9.59 Å². The predicted molar refractivity (Wildman–Crippen MR) is 103 cm³/mol. The van der Waals surface area contributed by atoms with E-state index in [2.05, 4.69) is 33.9 Å². The summed E-state index contributed by atoms with van der Waals surface area (Å²) in [6.07, 6.45) is 6.95. The van der Waals surface area contributed by atoms with Crippen LogP contribution in [0.1, 0.15) is 72.6 Å². The van der Waals surface area contributed by atoms with Gasteiger partial charge in [-0.15, -0.1) is 0 Å². The molecule has 0 aromatic heterocycles. The number of carbonyl (C=O) groups is 2. The highest BCUT2D eigenvalue weighted by molar-refractivity contribution is 6.74. The Morgan fingerprint density at radius 3 is 2.44 bits per heavy atom. The van der Waals surface area contributed by atoms with Crippen molar-refractivity contribution >= 4 is 19.9 Å². The van der Waals surface area contributed by atoms with Gasteiger partial charge in [0.2, 0.25) is 0 Å². The highest BCUT2D eigenvalue weighted by Crippen LogP contribution is 2.59. The zero-order valence-corrected chi connectivity index (χ0v) is 18.0. The van der Waals surface area contributed by atoms with Gasteiger partial charge in [0.05, 0.1) is 12.0 Å². The third kappa shape index (κ3) is 3.07. The molecule has 2 bridgehead atoms. The Morgan fingerprint density at radius 1 is 1.12 bits per heavy atom. The van der Waals surface area contributed by atoms with Gasteiger partial charge in [-0.2, -0.15) is 0 Å². The number of hydrogen-bond donors (Lipinski definition) is 0. The molecule has 0 aromatic carbocycles. The molecule has 3 fully saturated rings. The summed E-state index contributed by atoms with van der Waals surface area (Å²) in [4.78, 5) is 25.9. The predicted octanol–water partition coefficient (Wildman–Crippen LogP) is 5.14. The summed E-state index contributed by atoms with van der Waals surface area (Å²) in [7, 11) is -1.96. The number of Topliss-reactive ketones (excluding diaryl/α,β-unsaturated/α-hetero) is 2. The molecule has 3 saturated carbocycles. The number of rotatable bonds is 2. The first-order chi connectivity index (χ1) is 11.5. The largest absolute Gasteiger partial charge is 0.413 e. The quantitative estimate of drug-likeness (QED) is 0.503. The molecule has 4 heteroatoms. The molecule has 0 N–H and O–H groups in total. The van der Waals surface area contributed by atoms with E-state index in [1.165, 1.54) is 6.42 Å². The fraction of sp³-hybridized carbons (Fsp3) is 0.905. The molecular formula is C21H36O3Si. The van der Waals surface area contributed by atoms with Gasteiger partial charge in [0.25, 0.3) is 0 Å². The van der Waals surface area contributed by atoms with Crippen LogP contribution in [0.25, 0.3) is 0 Å². The summed E-state index contributed by atoms with van der Waals surface area (Å²) in [6.45, 7) is 13.5. The van der Waals surface area contributed by atoms with E-state index in [4.69, 9.17) is 4.43 Å². The molecule has 0 aromatic rings.